The Bertz CT molecular complexity index is 1910. The summed E-state index contributed by atoms with van der Waals surface area (Å²) in [7, 11) is 0. The van der Waals surface area contributed by atoms with Crippen molar-refractivity contribution in [1.82, 2.24) is 0 Å². The smallest absolute Gasteiger partial charge is 0.549 e. The number of carbonyl (C=O) groups excluding carboxylic acids is 1. The molecular formula is C32H18F15NaO3S. The first-order chi connectivity index (χ1) is 23.9. The van der Waals surface area contributed by atoms with Gasteiger partial charge in [0.25, 0.3) is 0 Å². The van der Waals surface area contributed by atoms with Crippen LogP contribution < -0.4 is 34.7 Å². The number of halogens is 15. The molecule has 20 heteroatoms. The van der Waals surface area contributed by atoms with E-state index in [9.17, 15) is 49.4 Å². The van der Waals surface area contributed by atoms with Crippen molar-refractivity contribution >= 4 is 34.5 Å². The number of rotatable bonds is 12. The van der Waals surface area contributed by atoms with Crippen LogP contribution in [0, 0.1) is 87.3 Å². The van der Waals surface area contributed by atoms with E-state index >= 15 is 26.3 Å². The standard InChI is InChI=1S/C32H19F15O3S.Na/c1-2-3-4-5-6-7-8-50-32-11(14-19(37)25(43)29(47)26(44)20(14)38)9(12-15(33)21(39)27(45)22(40)16(12)34)10(30(51-32)31(48)49)13-17(35)23(41)28(46)24(42)18(13)36;/h30H,2-8H2,1H3,(H,48,49);/q;+1/p-1. The first-order valence-electron chi connectivity index (χ1n) is 14.5. The maximum atomic E-state index is 15.5. The van der Waals surface area contributed by atoms with E-state index in [1.54, 1.807) is 0 Å². The van der Waals surface area contributed by atoms with Crippen molar-refractivity contribution in [3.05, 3.63) is 109 Å². The molecule has 0 saturated heterocycles. The minimum atomic E-state index is -3.06. The van der Waals surface area contributed by atoms with Gasteiger partial charge in [-0.1, -0.05) is 50.8 Å². The molecule has 0 N–H and O–H groups in total. The normalized spacial score (nSPS) is 14.7. The van der Waals surface area contributed by atoms with Crippen molar-refractivity contribution < 1.29 is 110 Å². The molecule has 276 valence electrons. The Hall–Kier alpha value is -3.29. The average Bonchev–Trinajstić information content (AvgIpc) is 3.10. The molecule has 0 fully saturated rings. The zero-order valence-electron chi connectivity index (χ0n) is 26.3. The van der Waals surface area contributed by atoms with E-state index in [0.29, 0.717) is 19.3 Å². The van der Waals surface area contributed by atoms with Crippen molar-refractivity contribution in [3.63, 3.8) is 0 Å². The number of thioether (sulfide) groups is 1. The van der Waals surface area contributed by atoms with E-state index in [4.69, 9.17) is 4.74 Å². The van der Waals surface area contributed by atoms with Crippen molar-refractivity contribution in [2.75, 3.05) is 6.61 Å². The van der Waals surface area contributed by atoms with Gasteiger partial charge < -0.3 is 14.6 Å². The van der Waals surface area contributed by atoms with E-state index in [1.165, 1.54) is 0 Å². The third-order valence-corrected chi connectivity index (χ3v) is 8.75. The van der Waals surface area contributed by atoms with Gasteiger partial charge in [0.05, 0.1) is 34.5 Å². The van der Waals surface area contributed by atoms with Gasteiger partial charge in [-0.25, -0.2) is 65.9 Å². The number of hydrogen-bond donors (Lipinski definition) is 0. The second-order valence-corrected chi connectivity index (χ2v) is 11.8. The molecule has 0 spiro atoms. The summed E-state index contributed by atoms with van der Waals surface area (Å²) in [5.74, 6) is -46.6. The summed E-state index contributed by atoms with van der Waals surface area (Å²) in [6, 6.07) is 0. The molecule has 4 rings (SSSR count). The zero-order valence-corrected chi connectivity index (χ0v) is 29.1. The molecular weight excluding hydrogens is 772 g/mol. The van der Waals surface area contributed by atoms with E-state index < -0.39 is 155 Å². The maximum Gasteiger partial charge on any atom is 1.00 e. The topological polar surface area (TPSA) is 49.4 Å². The fraction of sp³-hybridized carbons (Fsp3) is 0.281. The zero-order chi connectivity index (χ0) is 38.2. The minimum absolute atomic E-state index is 0. The number of carbonyl (C=O) groups is 1. The monoisotopic (exact) mass is 790 g/mol. The van der Waals surface area contributed by atoms with Crippen molar-refractivity contribution in [1.29, 1.82) is 0 Å². The van der Waals surface area contributed by atoms with Crippen LogP contribution in [-0.4, -0.2) is 17.8 Å². The molecule has 1 aliphatic heterocycles. The maximum absolute atomic E-state index is 15.5. The van der Waals surface area contributed by atoms with Crippen LogP contribution >= 0.6 is 11.8 Å². The number of ether oxygens (including phenoxy) is 1. The summed E-state index contributed by atoms with van der Waals surface area (Å²) in [5.41, 5.74) is -13.8. The van der Waals surface area contributed by atoms with Gasteiger partial charge in [0, 0.05) is 11.1 Å². The SMILES string of the molecule is CCCCCCCCOC1=C(c2c(F)c(F)c(F)c(F)c2F)C(c2c(F)c(F)c(F)c(F)c2F)=C(c2c(F)c(F)c(F)c(F)c2F)C(C(=O)[O-])S1.[Na+]. The number of carboxylic acids is 1. The van der Waals surface area contributed by atoms with Gasteiger partial charge in [0.15, 0.2) is 74.9 Å². The summed E-state index contributed by atoms with van der Waals surface area (Å²) in [5, 5.41) is 7.95. The second-order valence-electron chi connectivity index (χ2n) is 10.7. The summed E-state index contributed by atoms with van der Waals surface area (Å²) in [4.78, 5) is 12.4. The second kappa shape index (κ2) is 17.2. The first kappa shape index (κ1) is 43.1. The molecule has 0 saturated carbocycles. The quantitative estimate of drug-likeness (QED) is 0.0712. The Morgan fingerprint density at radius 1 is 0.519 bits per heavy atom. The summed E-state index contributed by atoms with van der Waals surface area (Å²) < 4.78 is 228. The van der Waals surface area contributed by atoms with Crippen molar-refractivity contribution in [2.45, 2.75) is 50.7 Å². The molecule has 3 aromatic carbocycles. The van der Waals surface area contributed by atoms with Gasteiger partial charge in [-0.15, -0.1) is 0 Å². The van der Waals surface area contributed by atoms with Crippen molar-refractivity contribution in [3.8, 4) is 0 Å². The predicted molar refractivity (Wildman–Crippen MR) is 148 cm³/mol. The Morgan fingerprint density at radius 2 is 0.846 bits per heavy atom. The van der Waals surface area contributed by atoms with Crippen LogP contribution in [0.2, 0.25) is 0 Å². The van der Waals surface area contributed by atoms with Crippen LogP contribution in [0.5, 0.6) is 0 Å². The van der Waals surface area contributed by atoms with Gasteiger partial charge in [-0.3, -0.25) is 0 Å². The molecule has 52 heavy (non-hydrogen) atoms. The van der Waals surface area contributed by atoms with E-state index in [-0.39, 0.29) is 36.0 Å². The fourth-order valence-electron chi connectivity index (χ4n) is 5.15. The van der Waals surface area contributed by atoms with Crippen LogP contribution in [0.3, 0.4) is 0 Å². The molecule has 3 aromatic rings. The Balaban J connectivity index is 0.00000729. The number of aliphatic carboxylic acids is 1. The largest absolute Gasteiger partial charge is 1.00 e. The van der Waals surface area contributed by atoms with Gasteiger partial charge in [-0.05, 0) is 12.0 Å². The van der Waals surface area contributed by atoms with E-state index in [0.717, 1.165) is 12.8 Å². The first-order valence-corrected chi connectivity index (χ1v) is 15.3. The number of unbranched alkanes of at least 4 members (excludes halogenated alkanes) is 5. The van der Waals surface area contributed by atoms with Crippen molar-refractivity contribution in [2.24, 2.45) is 0 Å². The summed E-state index contributed by atoms with van der Waals surface area (Å²) in [6.07, 6.45) is 3.03. The fourth-order valence-corrected chi connectivity index (χ4v) is 6.28. The number of benzene rings is 3. The van der Waals surface area contributed by atoms with Gasteiger partial charge in [0.2, 0.25) is 17.5 Å². The molecule has 1 atom stereocenters. The molecule has 1 aliphatic rings. The van der Waals surface area contributed by atoms with Crippen LogP contribution in [0.15, 0.2) is 5.09 Å². The molecule has 1 heterocycles. The van der Waals surface area contributed by atoms with Crippen LogP contribution in [0.1, 0.15) is 62.1 Å². The molecule has 0 aliphatic carbocycles. The predicted octanol–water partition coefficient (Wildman–Crippen LogP) is 6.30. The third-order valence-electron chi connectivity index (χ3n) is 7.55. The Labute approximate surface area is 309 Å². The van der Waals surface area contributed by atoms with E-state index in [2.05, 4.69) is 0 Å². The molecule has 0 aromatic heterocycles. The van der Waals surface area contributed by atoms with Gasteiger partial charge in [-0.2, -0.15) is 0 Å². The Morgan fingerprint density at radius 3 is 1.23 bits per heavy atom. The van der Waals surface area contributed by atoms with Crippen LogP contribution in [-0.2, 0) is 9.53 Å². The number of carboxylic acid groups (broad SMARTS) is 1. The summed E-state index contributed by atoms with van der Waals surface area (Å²) >= 11 is -0.507. The molecule has 0 radical (unpaired) electrons. The molecule has 0 bridgehead atoms. The van der Waals surface area contributed by atoms with Crippen LogP contribution in [0.4, 0.5) is 65.9 Å². The van der Waals surface area contributed by atoms with E-state index in [1.807, 2.05) is 6.92 Å². The number of allylic oxidation sites excluding steroid dienone is 2. The Kier molecular flexibility index (Phi) is 14.3. The third kappa shape index (κ3) is 7.55. The number of hydrogen-bond acceptors (Lipinski definition) is 4. The molecule has 0 amide bonds. The van der Waals surface area contributed by atoms with Gasteiger partial charge >= 0.3 is 29.6 Å². The molecule has 1 unspecified atom stereocenters. The average molecular weight is 791 g/mol. The van der Waals surface area contributed by atoms with Crippen LogP contribution in [0.25, 0.3) is 16.7 Å². The minimum Gasteiger partial charge on any atom is -0.549 e. The van der Waals surface area contributed by atoms with Gasteiger partial charge in [0.1, 0.15) is 0 Å². The molecule has 3 nitrogen and oxygen atoms in total. The summed E-state index contributed by atoms with van der Waals surface area (Å²) in [6.45, 7) is 1.20.